The van der Waals surface area contributed by atoms with E-state index in [2.05, 4.69) is 48.9 Å². The molecule has 1 aliphatic rings. The van der Waals surface area contributed by atoms with Gasteiger partial charge in [-0.3, -0.25) is 0 Å². The minimum atomic E-state index is 0.00264. The van der Waals surface area contributed by atoms with Gasteiger partial charge in [0.05, 0.1) is 6.04 Å². The van der Waals surface area contributed by atoms with Crippen LogP contribution in [0.1, 0.15) is 43.3 Å². The molecule has 0 aliphatic carbocycles. The predicted molar refractivity (Wildman–Crippen MR) is 93.7 cm³/mol. The first-order valence-corrected chi connectivity index (χ1v) is 8.47. The van der Waals surface area contributed by atoms with Crippen LogP contribution >= 0.6 is 0 Å². The number of para-hydroxylation sites is 1. The van der Waals surface area contributed by atoms with E-state index in [0.29, 0.717) is 0 Å². The summed E-state index contributed by atoms with van der Waals surface area (Å²) < 4.78 is 2.33. The summed E-state index contributed by atoms with van der Waals surface area (Å²) in [7, 11) is 0. The van der Waals surface area contributed by atoms with E-state index >= 15 is 0 Å². The van der Waals surface area contributed by atoms with E-state index in [1.165, 1.54) is 17.0 Å². The van der Waals surface area contributed by atoms with Crippen LogP contribution in [0.15, 0.2) is 36.4 Å². The fourth-order valence-electron chi connectivity index (χ4n) is 3.52. The van der Waals surface area contributed by atoms with E-state index in [9.17, 15) is 4.79 Å². The normalized spacial score (nSPS) is 17.0. The molecular weight excluding hydrogens is 286 g/mol. The molecule has 2 amide bonds. The van der Waals surface area contributed by atoms with Gasteiger partial charge >= 0.3 is 6.03 Å². The lowest BCUT2D eigenvalue weighted by molar-refractivity contribution is 0.165. The molecule has 1 aromatic carbocycles. The highest BCUT2D eigenvalue weighted by Gasteiger charge is 2.30. The largest absolute Gasteiger partial charge is 0.345 e. The summed E-state index contributed by atoms with van der Waals surface area (Å²) in [6, 6.07) is 12.5. The van der Waals surface area contributed by atoms with Crippen LogP contribution in [-0.2, 0) is 13.0 Å². The van der Waals surface area contributed by atoms with Crippen LogP contribution in [0.4, 0.5) is 10.5 Å². The third kappa shape index (κ3) is 2.85. The molecule has 0 saturated carbocycles. The summed E-state index contributed by atoms with van der Waals surface area (Å²) in [6.45, 7) is 8.00. The van der Waals surface area contributed by atoms with Crippen LogP contribution in [-0.4, -0.2) is 22.0 Å². The van der Waals surface area contributed by atoms with Crippen molar-refractivity contribution in [1.82, 2.24) is 9.47 Å². The Hall–Kier alpha value is -2.23. The number of carbonyl (C=O) groups is 1. The zero-order valence-electron chi connectivity index (χ0n) is 14.2. The smallest absolute Gasteiger partial charge is 0.322 e. The first-order chi connectivity index (χ1) is 11.2. The summed E-state index contributed by atoms with van der Waals surface area (Å²) in [4.78, 5) is 14.8. The van der Waals surface area contributed by atoms with Gasteiger partial charge in [-0.1, -0.05) is 32.0 Å². The Labute approximate surface area is 138 Å². The zero-order valence-corrected chi connectivity index (χ0v) is 14.2. The number of amides is 2. The Bertz CT molecular complexity index is 704. The molecule has 0 fully saturated rings. The number of nitrogens with zero attached hydrogens (tertiary/aromatic N) is 2. The van der Waals surface area contributed by atoms with Crippen LogP contribution in [0, 0.1) is 6.92 Å². The number of anilines is 1. The summed E-state index contributed by atoms with van der Waals surface area (Å²) in [5.41, 5.74) is 4.61. The topological polar surface area (TPSA) is 37.3 Å². The number of rotatable bonds is 3. The first-order valence-electron chi connectivity index (χ1n) is 8.47. The van der Waals surface area contributed by atoms with Gasteiger partial charge < -0.3 is 14.8 Å². The van der Waals surface area contributed by atoms with Gasteiger partial charge in [-0.05, 0) is 43.5 Å². The van der Waals surface area contributed by atoms with Crippen molar-refractivity contribution in [2.24, 2.45) is 0 Å². The number of urea groups is 1. The number of aromatic nitrogens is 1. The molecule has 4 nitrogen and oxygen atoms in total. The zero-order chi connectivity index (χ0) is 16.4. The summed E-state index contributed by atoms with van der Waals surface area (Å²) in [6.07, 6.45) is 1.84. The number of nitrogens with one attached hydrogen (secondary N) is 1. The second-order valence-electron chi connectivity index (χ2n) is 6.11. The van der Waals surface area contributed by atoms with Crippen molar-refractivity contribution < 1.29 is 4.79 Å². The average molecular weight is 311 g/mol. The Balaban J connectivity index is 1.82. The highest BCUT2D eigenvalue weighted by Crippen LogP contribution is 2.31. The van der Waals surface area contributed by atoms with Crippen molar-refractivity contribution in [3.63, 3.8) is 0 Å². The van der Waals surface area contributed by atoms with E-state index in [-0.39, 0.29) is 12.1 Å². The Morgan fingerprint density at radius 2 is 1.96 bits per heavy atom. The third-order valence-electron chi connectivity index (χ3n) is 4.80. The van der Waals surface area contributed by atoms with Crippen molar-refractivity contribution >= 4 is 11.7 Å². The fraction of sp³-hybridized carbons (Fsp3) is 0.421. The summed E-state index contributed by atoms with van der Waals surface area (Å²) in [5, 5.41) is 3.11. The monoisotopic (exact) mass is 311 g/mol. The number of hydrogen-bond acceptors (Lipinski definition) is 1. The molecule has 0 saturated heterocycles. The molecule has 3 rings (SSSR count). The van der Waals surface area contributed by atoms with Gasteiger partial charge in [-0.2, -0.15) is 0 Å². The van der Waals surface area contributed by atoms with E-state index in [1.807, 2.05) is 23.1 Å². The minimum Gasteiger partial charge on any atom is -0.345 e. The van der Waals surface area contributed by atoms with Crippen molar-refractivity contribution in [2.45, 2.75) is 46.2 Å². The minimum absolute atomic E-state index is 0.00264. The number of fused-ring (bicyclic) bond motifs is 1. The van der Waals surface area contributed by atoms with Gasteiger partial charge in [0.15, 0.2) is 0 Å². The molecule has 23 heavy (non-hydrogen) atoms. The van der Waals surface area contributed by atoms with E-state index in [0.717, 1.165) is 31.6 Å². The molecule has 1 aliphatic heterocycles. The Morgan fingerprint density at radius 3 is 2.70 bits per heavy atom. The lowest BCUT2D eigenvalue weighted by Crippen LogP contribution is -2.44. The highest BCUT2D eigenvalue weighted by molar-refractivity contribution is 5.90. The van der Waals surface area contributed by atoms with E-state index < -0.39 is 0 Å². The van der Waals surface area contributed by atoms with E-state index in [1.54, 1.807) is 0 Å². The van der Waals surface area contributed by atoms with Crippen LogP contribution in [0.3, 0.4) is 0 Å². The van der Waals surface area contributed by atoms with Gasteiger partial charge in [0.25, 0.3) is 0 Å². The van der Waals surface area contributed by atoms with Crippen molar-refractivity contribution in [2.75, 3.05) is 11.9 Å². The average Bonchev–Trinajstić information content (AvgIpc) is 2.95. The SMILES string of the molecule is CCc1ccccc1NC(=O)N1CCn2c(C)ccc2[C@@H]1CC. The highest BCUT2D eigenvalue weighted by atomic mass is 16.2. The molecule has 2 aromatic rings. The summed E-state index contributed by atoms with van der Waals surface area (Å²) >= 11 is 0. The maximum atomic E-state index is 12.8. The molecule has 1 N–H and O–H groups in total. The van der Waals surface area contributed by atoms with Crippen molar-refractivity contribution in [3.8, 4) is 0 Å². The quantitative estimate of drug-likeness (QED) is 0.898. The summed E-state index contributed by atoms with van der Waals surface area (Å²) in [5.74, 6) is 0. The van der Waals surface area contributed by atoms with Gasteiger partial charge in [0.2, 0.25) is 0 Å². The molecular formula is C19H25N3O. The molecule has 122 valence electrons. The van der Waals surface area contributed by atoms with Crippen LogP contribution in [0.2, 0.25) is 0 Å². The second kappa shape index (κ2) is 6.49. The first kappa shape index (κ1) is 15.7. The lowest BCUT2D eigenvalue weighted by atomic mass is 10.1. The molecule has 0 spiro atoms. The van der Waals surface area contributed by atoms with Gasteiger partial charge in [0.1, 0.15) is 0 Å². The molecule has 0 unspecified atom stereocenters. The van der Waals surface area contributed by atoms with Gasteiger partial charge in [0, 0.05) is 30.2 Å². The number of benzene rings is 1. The van der Waals surface area contributed by atoms with Crippen LogP contribution < -0.4 is 5.32 Å². The Kier molecular flexibility index (Phi) is 4.42. The van der Waals surface area contributed by atoms with Gasteiger partial charge in [-0.25, -0.2) is 4.79 Å². The number of hydrogen-bond donors (Lipinski definition) is 1. The molecule has 1 aromatic heterocycles. The van der Waals surface area contributed by atoms with Crippen molar-refractivity contribution in [3.05, 3.63) is 53.3 Å². The molecule has 2 heterocycles. The molecule has 1 atom stereocenters. The van der Waals surface area contributed by atoms with Gasteiger partial charge in [-0.15, -0.1) is 0 Å². The molecule has 0 bridgehead atoms. The lowest BCUT2D eigenvalue weighted by Gasteiger charge is -2.37. The van der Waals surface area contributed by atoms with Crippen molar-refractivity contribution in [1.29, 1.82) is 0 Å². The standard InChI is InChI=1S/C19H25N3O/c1-4-15-8-6-7-9-16(15)20-19(23)22-13-12-21-14(3)10-11-18(21)17(22)5-2/h6-11,17H,4-5,12-13H2,1-3H3,(H,20,23)/t17-/m0/s1. The molecule has 4 heteroatoms. The third-order valence-corrected chi connectivity index (χ3v) is 4.80. The van der Waals surface area contributed by atoms with Crippen LogP contribution in [0.25, 0.3) is 0 Å². The fourth-order valence-corrected chi connectivity index (χ4v) is 3.52. The predicted octanol–water partition coefficient (Wildman–Crippen LogP) is 4.36. The van der Waals surface area contributed by atoms with Crippen LogP contribution in [0.5, 0.6) is 0 Å². The Morgan fingerprint density at radius 1 is 1.17 bits per heavy atom. The maximum Gasteiger partial charge on any atom is 0.322 e. The second-order valence-corrected chi connectivity index (χ2v) is 6.11. The number of carbonyl (C=O) groups excluding carboxylic acids is 1. The maximum absolute atomic E-state index is 12.8. The van der Waals surface area contributed by atoms with E-state index in [4.69, 9.17) is 0 Å². The molecule has 0 radical (unpaired) electrons. The number of aryl methyl sites for hydroxylation is 2.